The van der Waals surface area contributed by atoms with Gasteiger partial charge in [0.15, 0.2) is 0 Å². The van der Waals surface area contributed by atoms with E-state index >= 15 is 0 Å². The summed E-state index contributed by atoms with van der Waals surface area (Å²) in [5, 5.41) is 19.1. The van der Waals surface area contributed by atoms with Crippen LogP contribution in [0.3, 0.4) is 0 Å². The van der Waals surface area contributed by atoms with Gasteiger partial charge in [-0.25, -0.2) is 0 Å². The molecule has 0 saturated heterocycles. The van der Waals surface area contributed by atoms with E-state index in [-0.39, 0.29) is 0 Å². The molecule has 3 rings (SSSR count). The van der Waals surface area contributed by atoms with Crippen molar-refractivity contribution < 1.29 is 5.11 Å². The number of benzene rings is 1. The van der Waals surface area contributed by atoms with Crippen LogP contribution in [0, 0.1) is 0 Å². The molecule has 1 N–H and O–H groups in total. The molecule has 0 aliphatic carbocycles. The molecule has 1 atom stereocenters. The summed E-state index contributed by atoms with van der Waals surface area (Å²) in [4.78, 5) is 0. The van der Waals surface area contributed by atoms with E-state index in [4.69, 9.17) is 11.6 Å². The molecule has 1 aliphatic rings. The number of fused-ring (bicyclic) bond motifs is 1. The second-order valence-electron chi connectivity index (χ2n) is 4.58. The van der Waals surface area contributed by atoms with E-state index in [1.165, 1.54) is 0 Å². The second-order valence-corrected chi connectivity index (χ2v) is 5.01. The molecular formula is C13H14ClN3O. The van der Waals surface area contributed by atoms with E-state index in [0.717, 1.165) is 41.5 Å². The monoisotopic (exact) mass is 263 g/mol. The number of nitrogens with zero attached hydrogens (tertiary/aromatic N) is 3. The molecule has 5 heteroatoms. The third kappa shape index (κ3) is 2.13. The number of aromatic nitrogens is 3. The van der Waals surface area contributed by atoms with E-state index in [1.807, 2.05) is 28.8 Å². The van der Waals surface area contributed by atoms with E-state index < -0.39 is 6.23 Å². The van der Waals surface area contributed by atoms with Gasteiger partial charge in [-0.1, -0.05) is 23.7 Å². The summed E-state index contributed by atoms with van der Waals surface area (Å²) in [6, 6.07) is 7.67. The van der Waals surface area contributed by atoms with E-state index in [1.54, 1.807) is 0 Å². The average molecular weight is 264 g/mol. The van der Waals surface area contributed by atoms with Gasteiger partial charge in [0.2, 0.25) is 0 Å². The molecule has 18 heavy (non-hydrogen) atoms. The van der Waals surface area contributed by atoms with Crippen molar-refractivity contribution >= 4 is 11.6 Å². The maximum atomic E-state index is 10.0. The number of rotatable bonds is 2. The van der Waals surface area contributed by atoms with Crippen LogP contribution < -0.4 is 0 Å². The fraction of sp³-hybridized carbons (Fsp3) is 0.385. The number of halogens is 1. The first-order chi connectivity index (χ1) is 8.74. The van der Waals surface area contributed by atoms with Gasteiger partial charge in [0.05, 0.1) is 0 Å². The Morgan fingerprint density at radius 3 is 2.83 bits per heavy atom. The maximum Gasteiger partial charge on any atom is 0.139 e. The molecule has 0 bridgehead atoms. The van der Waals surface area contributed by atoms with E-state index in [9.17, 15) is 5.11 Å². The lowest BCUT2D eigenvalue weighted by Crippen LogP contribution is -2.19. The molecule has 2 aromatic rings. The summed E-state index contributed by atoms with van der Waals surface area (Å²) >= 11 is 5.86. The number of hydrogen-bond donors (Lipinski definition) is 1. The maximum absolute atomic E-state index is 10.0. The Bertz CT molecular complexity index is 550. The van der Waals surface area contributed by atoms with E-state index in [2.05, 4.69) is 10.2 Å². The molecule has 4 nitrogen and oxygen atoms in total. The minimum Gasteiger partial charge on any atom is -0.373 e. The fourth-order valence-corrected chi connectivity index (χ4v) is 2.48. The lowest BCUT2D eigenvalue weighted by atomic mass is 10.1. The van der Waals surface area contributed by atoms with Gasteiger partial charge in [0.25, 0.3) is 0 Å². The summed E-state index contributed by atoms with van der Waals surface area (Å²) in [6.07, 6.45) is 2.83. The van der Waals surface area contributed by atoms with Crippen molar-refractivity contribution in [2.45, 2.75) is 31.9 Å². The molecule has 2 heterocycles. The van der Waals surface area contributed by atoms with Crippen LogP contribution >= 0.6 is 11.6 Å². The van der Waals surface area contributed by atoms with Gasteiger partial charge < -0.3 is 5.11 Å². The van der Waals surface area contributed by atoms with Gasteiger partial charge in [-0.05, 0) is 30.5 Å². The van der Waals surface area contributed by atoms with Crippen LogP contribution in [0.25, 0.3) is 0 Å². The summed E-state index contributed by atoms with van der Waals surface area (Å²) < 4.78 is 1.86. The molecule has 0 fully saturated rings. The molecule has 94 valence electrons. The van der Waals surface area contributed by atoms with Crippen molar-refractivity contribution in [3.63, 3.8) is 0 Å². The third-order valence-electron chi connectivity index (χ3n) is 3.27. The molecule has 1 aliphatic heterocycles. The van der Waals surface area contributed by atoms with Crippen molar-refractivity contribution in [2.24, 2.45) is 0 Å². The first-order valence-electron chi connectivity index (χ1n) is 6.09. The normalized spacial score (nSPS) is 18.7. The minimum absolute atomic E-state index is 0.481. The Kier molecular flexibility index (Phi) is 3.06. The van der Waals surface area contributed by atoms with Gasteiger partial charge in [-0.2, -0.15) is 0 Å². The summed E-state index contributed by atoms with van der Waals surface area (Å²) in [7, 11) is 0. The van der Waals surface area contributed by atoms with Crippen LogP contribution in [0.4, 0.5) is 0 Å². The fourth-order valence-electron chi connectivity index (χ4n) is 2.35. The number of aliphatic hydroxyl groups is 1. The summed E-state index contributed by atoms with van der Waals surface area (Å²) in [5.74, 6) is 1.71. The molecule has 0 spiro atoms. The molecule has 1 aromatic carbocycles. The number of aliphatic hydroxyl groups excluding tert-OH is 1. The minimum atomic E-state index is -0.481. The van der Waals surface area contributed by atoms with Crippen LogP contribution in [0.5, 0.6) is 0 Å². The zero-order valence-corrected chi connectivity index (χ0v) is 10.6. The van der Waals surface area contributed by atoms with Gasteiger partial charge in [0.1, 0.15) is 17.9 Å². The van der Waals surface area contributed by atoms with Crippen LogP contribution in [0.15, 0.2) is 24.3 Å². The number of aryl methyl sites for hydroxylation is 1. The summed E-state index contributed by atoms with van der Waals surface area (Å²) in [6.45, 7) is 0. The highest BCUT2D eigenvalue weighted by Crippen LogP contribution is 2.24. The zero-order valence-electron chi connectivity index (χ0n) is 9.88. The van der Waals surface area contributed by atoms with Crippen molar-refractivity contribution in [2.75, 3.05) is 0 Å². The predicted octanol–water partition coefficient (Wildman–Crippen LogP) is 2.35. The third-order valence-corrected chi connectivity index (χ3v) is 3.53. The van der Waals surface area contributed by atoms with Crippen LogP contribution in [-0.2, 0) is 12.8 Å². The largest absolute Gasteiger partial charge is 0.373 e. The highest BCUT2D eigenvalue weighted by atomic mass is 35.5. The first-order valence-corrected chi connectivity index (χ1v) is 6.47. The molecule has 1 aromatic heterocycles. The zero-order chi connectivity index (χ0) is 12.5. The highest BCUT2D eigenvalue weighted by molar-refractivity contribution is 6.30. The van der Waals surface area contributed by atoms with Gasteiger partial charge >= 0.3 is 0 Å². The molecular weight excluding hydrogens is 250 g/mol. The van der Waals surface area contributed by atoms with Gasteiger partial charge in [-0.15, -0.1) is 10.2 Å². The lowest BCUT2D eigenvalue weighted by molar-refractivity contribution is 0.0753. The van der Waals surface area contributed by atoms with Gasteiger partial charge in [0, 0.05) is 17.9 Å². The summed E-state index contributed by atoms with van der Waals surface area (Å²) in [5.41, 5.74) is 1.12. The van der Waals surface area contributed by atoms with Crippen molar-refractivity contribution in [1.82, 2.24) is 14.8 Å². The second kappa shape index (κ2) is 4.71. The van der Waals surface area contributed by atoms with Crippen LogP contribution in [0.1, 0.15) is 36.3 Å². The molecule has 0 radical (unpaired) electrons. The predicted molar refractivity (Wildman–Crippen MR) is 68.5 cm³/mol. The van der Waals surface area contributed by atoms with Crippen molar-refractivity contribution in [3.05, 3.63) is 46.5 Å². The highest BCUT2D eigenvalue weighted by Gasteiger charge is 2.22. The van der Waals surface area contributed by atoms with Crippen LogP contribution in [0.2, 0.25) is 5.02 Å². The number of hydrogen-bond acceptors (Lipinski definition) is 3. The Morgan fingerprint density at radius 2 is 2.06 bits per heavy atom. The Labute approximate surface area is 110 Å². The lowest BCUT2D eigenvalue weighted by Gasteiger charge is -2.21. The van der Waals surface area contributed by atoms with Crippen LogP contribution in [-0.4, -0.2) is 19.9 Å². The van der Waals surface area contributed by atoms with Gasteiger partial charge in [-0.3, -0.25) is 4.57 Å². The van der Waals surface area contributed by atoms with Crippen molar-refractivity contribution in [3.8, 4) is 0 Å². The smallest absolute Gasteiger partial charge is 0.139 e. The first kappa shape index (κ1) is 11.7. The Hall–Kier alpha value is -1.39. The Balaban J connectivity index is 1.89. The quantitative estimate of drug-likeness (QED) is 0.905. The molecule has 1 unspecified atom stereocenters. The average Bonchev–Trinajstić information content (AvgIpc) is 2.77. The SMILES string of the molecule is OC1CCCc2nnc(Cc3ccc(Cl)cc3)n21. The standard InChI is InChI=1S/C13H14ClN3O/c14-10-6-4-9(5-7-10)8-12-16-15-11-2-1-3-13(18)17(11)12/h4-7,13,18H,1-3,8H2. The topological polar surface area (TPSA) is 50.9 Å². The molecule has 0 amide bonds. The Morgan fingerprint density at radius 1 is 1.28 bits per heavy atom. The van der Waals surface area contributed by atoms with Crippen molar-refractivity contribution in [1.29, 1.82) is 0 Å². The molecule has 0 saturated carbocycles. The van der Waals surface area contributed by atoms with E-state index in [0.29, 0.717) is 6.42 Å².